The Balaban J connectivity index is 1.39. The van der Waals surface area contributed by atoms with Gasteiger partial charge in [0.1, 0.15) is 0 Å². The fraction of sp³-hybridized carbons (Fsp3) is 0.120. The van der Waals surface area contributed by atoms with Gasteiger partial charge in [-0.3, -0.25) is 9.59 Å². The third-order valence-corrected chi connectivity index (χ3v) is 6.80. The number of halogens is 2. The Bertz CT molecular complexity index is 1400. The van der Waals surface area contributed by atoms with Gasteiger partial charge < -0.3 is 15.2 Å². The monoisotopic (exact) mass is 525 g/mol. The molecule has 0 saturated carbocycles. The lowest BCUT2D eigenvalue weighted by Gasteiger charge is -2.10. The Kier molecular flexibility index (Phi) is 8.07. The van der Waals surface area contributed by atoms with Crippen molar-refractivity contribution >= 4 is 63.2 Å². The van der Waals surface area contributed by atoms with E-state index in [1.807, 2.05) is 42.5 Å². The SMILES string of the molecule is C=CCn1c(CNC(=O)c2ccc(Cl)c(Cl)c2)nnc1SCC(=O)Nc1cccc2ccccc12. The molecule has 0 bridgehead atoms. The number of hydrogen-bond acceptors (Lipinski definition) is 5. The van der Waals surface area contributed by atoms with Crippen molar-refractivity contribution in [1.29, 1.82) is 0 Å². The maximum atomic E-state index is 12.6. The van der Waals surface area contributed by atoms with E-state index in [1.54, 1.807) is 22.8 Å². The van der Waals surface area contributed by atoms with Crippen molar-refractivity contribution in [2.45, 2.75) is 18.2 Å². The van der Waals surface area contributed by atoms with Crippen molar-refractivity contribution in [2.24, 2.45) is 0 Å². The highest BCUT2D eigenvalue weighted by atomic mass is 35.5. The number of fused-ring (bicyclic) bond motifs is 1. The predicted molar refractivity (Wildman–Crippen MR) is 141 cm³/mol. The van der Waals surface area contributed by atoms with Crippen LogP contribution in [0.25, 0.3) is 10.8 Å². The van der Waals surface area contributed by atoms with Crippen molar-refractivity contribution in [2.75, 3.05) is 11.1 Å². The van der Waals surface area contributed by atoms with Gasteiger partial charge in [0.25, 0.3) is 5.91 Å². The number of nitrogens with zero attached hydrogens (tertiary/aromatic N) is 3. The van der Waals surface area contributed by atoms with Gasteiger partial charge in [0.15, 0.2) is 11.0 Å². The molecule has 2 amide bonds. The zero-order valence-corrected chi connectivity index (χ0v) is 20.8. The number of rotatable bonds is 9. The average molecular weight is 526 g/mol. The summed E-state index contributed by atoms with van der Waals surface area (Å²) in [4.78, 5) is 25.1. The number of allylic oxidation sites excluding steroid dienone is 1. The van der Waals surface area contributed by atoms with Gasteiger partial charge in [-0.2, -0.15) is 0 Å². The first-order valence-electron chi connectivity index (χ1n) is 10.6. The Morgan fingerprint density at radius 2 is 1.83 bits per heavy atom. The molecule has 0 aliphatic heterocycles. The molecule has 4 aromatic rings. The molecule has 35 heavy (non-hydrogen) atoms. The highest BCUT2D eigenvalue weighted by Gasteiger charge is 2.16. The summed E-state index contributed by atoms with van der Waals surface area (Å²) in [5.41, 5.74) is 1.14. The molecule has 10 heteroatoms. The lowest BCUT2D eigenvalue weighted by atomic mass is 10.1. The molecule has 0 radical (unpaired) electrons. The van der Waals surface area contributed by atoms with Crippen LogP contribution in [0.4, 0.5) is 5.69 Å². The summed E-state index contributed by atoms with van der Waals surface area (Å²) in [6, 6.07) is 18.3. The van der Waals surface area contributed by atoms with Crippen molar-refractivity contribution < 1.29 is 9.59 Å². The summed E-state index contributed by atoms with van der Waals surface area (Å²) in [6.45, 7) is 4.35. The van der Waals surface area contributed by atoms with Crippen LogP contribution in [0, 0.1) is 0 Å². The van der Waals surface area contributed by atoms with Gasteiger partial charge >= 0.3 is 0 Å². The maximum absolute atomic E-state index is 12.6. The minimum absolute atomic E-state index is 0.142. The quantitative estimate of drug-likeness (QED) is 0.220. The molecule has 3 aromatic carbocycles. The van der Waals surface area contributed by atoms with E-state index in [2.05, 4.69) is 27.4 Å². The maximum Gasteiger partial charge on any atom is 0.251 e. The molecule has 2 N–H and O–H groups in total. The van der Waals surface area contributed by atoms with Crippen LogP contribution < -0.4 is 10.6 Å². The van der Waals surface area contributed by atoms with Crippen LogP contribution in [-0.4, -0.2) is 32.3 Å². The number of benzene rings is 3. The molecule has 1 heterocycles. The first-order valence-corrected chi connectivity index (χ1v) is 12.4. The lowest BCUT2D eigenvalue weighted by Crippen LogP contribution is -2.25. The summed E-state index contributed by atoms with van der Waals surface area (Å²) in [5, 5.41) is 17.4. The number of thioether (sulfide) groups is 1. The molecule has 0 aliphatic carbocycles. The molecule has 4 rings (SSSR count). The molecule has 0 spiro atoms. The van der Waals surface area contributed by atoms with Crippen molar-refractivity contribution in [3.05, 3.63) is 94.8 Å². The Labute approximate surface area is 216 Å². The number of anilines is 1. The second-order valence-electron chi connectivity index (χ2n) is 7.47. The first kappa shape index (κ1) is 24.8. The van der Waals surface area contributed by atoms with E-state index >= 15 is 0 Å². The second kappa shape index (κ2) is 11.4. The number of nitrogens with one attached hydrogen (secondary N) is 2. The van der Waals surface area contributed by atoms with E-state index in [9.17, 15) is 9.59 Å². The standard InChI is InChI=1S/C25H21Cl2N5O2S/c1-2-12-32-22(14-28-24(34)17-10-11-19(26)20(27)13-17)30-31-25(32)35-15-23(33)29-21-9-5-7-16-6-3-4-8-18(16)21/h2-11,13H,1,12,14-15H2,(H,28,34)(H,29,33). The highest BCUT2D eigenvalue weighted by Crippen LogP contribution is 2.25. The normalized spacial score (nSPS) is 10.8. The zero-order chi connectivity index (χ0) is 24.8. The first-order chi connectivity index (χ1) is 17.0. The minimum Gasteiger partial charge on any atom is -0.345 e. The fourth-order valence-electron chi connectivity index (χ4n) is 3.42. The van der Waals surface area contributed by atoms with Crippen LogP contribution in [0.2, 0.25) is 10.0 Å². The van der Waals surface area contributed by atoms with E-state index in [1.165, 1.54) is 17.8 Å². The smallest absolute Gasteiger partial charge is 0.251 e. The van der Waals surface area contributed by atoms with Gasteiger partial charge in [-0.25, -0.2) is 0 Å². The molecule has 178 valence electrons. The Morgan fingerprint density at radius 1 is 1.03 bits per heavy atom. The van der Waals surface area contributed by atoms with Crippen molar-refractivity contribution in [3.63, 3.8) is 0 Å². The topological polar surface area (TPSA) is 88.9 Å². The van der Waals surface area contributed by atoms with E-state index in [0.717, 1.165) is 16.5 Å². The fourth-order valence-corrected chi connectivity index (χ4v) is 4.48. The Hall–Kier alpha value is -3.33. The summed E-state index contributed by atoms with van der Waals surface area (Å²) in [5.74, 6) is 0.207. The van der Waals surface area contributed by atoms with Gasteiger partial charge in [0.2, 0.25) is 5.91 Å². The molecule has 0 atom stereocenters. The van der Waals surface area contributed by atoms with E-state index in [4.69, 9.17) is 23.2 Å². The number of hydrogen-bond donors (Lipinski definition) is 2. The summed E-state index contributed by atoms with van der Waals surface area (Å²) in [7, 11) is 0. The lowest BCUT2D eigenvalue weighted by molar-refractivity contribution is -0.113. The molecule has 0 fully saturated rings. The predicted octanol–water partition coefficient (Wildman–Crippen LogP) is 5.58. The third kappa shape index (κ3) is 6.03. The van der Waals surface area contributed by atoms with Gasteiger partial charge in [-0.05, 0) is 29.7 Å². The second-order valence-corrected chi connectivity index (χ2v) is 9.23. The summed E-state index contributed by atoms with van der Waals surface area (Å²) < 4.78 is 1.80. The van der Waals surface area contributed by atoms with Crippen LogP contribution in [-0.2, 0) is 17.9 Å². The molecular weight excluding hydrogens is 505 g/mol. The number of aromatic nitrogens is 3. The number of carbonyl (C=O) groups is 2. The average Bonchev–Trinajstić information content (AvgIpc) is 3.24. The molecule has 1 aromatic heterocycles. The molecule has 0 unspecified atom stereocenters. The number of amides is 2. The third-order valence-electron chi connectivity index (χ3n) is 5.09. The van der Waals surface area contributed by atoms with Crippen LogP contribution in [0.15, 0.2) is 78.5 Å². The number of carbonyl (C=O) groups excluding carboxylic acids is 2. The van der Waals surface area contributed by atoms with Crippen LogP contribution in [0.3, 0.4) is 0 Å². The van der Waals surface area contributed by atoms with E-state index in [-0.39, 0.29) is 24.1 Å². The van der Waals surface area contributed by atoms with E-state index < -0.39 is 0 Å². The molecular formula is C25H21Cl2N5O2S. The van der Waals surface area contributed by atoms with Crippen LogP contribution in [0.5, 0.6) is 0 Å². The van der Waals surface area contributed by atoms with Crippen LogP contribution in [0.1, 0.15) is 16.2 Å². The summed E-state index contributed by atoms with van der Waals surface area (Å²) >= 11 is 13.2. The summed E-state index contributed by atoms with van der Waals surface area (Å²) in [6.07, 6.45) is 1.70. The highest BCUT2D eigenvalue weighted by molar-refractivity contribution is 7.99. The van der Waals surface area contributed by atoms with E-state index in [0.29, 0.717) is 33.1 Å². The van der Waals surface area contributed by atoms with Gasteiger partial charge in [-0.1, -0.05) is 77.4 Å². The largest absolute Gasteiger partial charge is 0.345 e. The van der Waals surface area contributed by atoms with Gasteiger partial charge in [-0.15, -0.1) is 16.8 Å². The van der Waals surface area contributed by atoms with Crippen LogP contribution >= 0.6 is 35.0 Å². The molecule has 0 aliphatic rings. The molecule has 7 nitrogen and oxygen atoms in total. The van der Waals surface area contributed by atoms with Gasteiger partial charge in [0, 0.05) is 23.2 Å². The zero-order valence-electron chi connectivity index (χ0n) is 18.5. The van der Waals surface area contributed by atoms with Crippen molar-refractivity contribution in [1.82, 2.24) is 20.1 Å². The minimum atomic E-state index is -0.319. The Morgan fingerprint density at radius 3 is 2.63 bits per heavy atom. The van der Waals surface area contributed by atoms with Crippen molar-refractivity contribution in [3.8, 4) is 0 Å². The van der Waals surface area contributed by atoms with Gasteiger partial charge in [0.05, 0.1) is 22.3 Å². The molecule has 0 saturated heterocycles.